The van der Waals surface area contributed by atoms with Gasteiger partial charge >= 0.3 is 6.61 Å². The van der Waals surface area contributed by atoms with Crippen LogP contribution in [-0.2, 0) is 4.84 Å². The first-order valence-corrected chi connectivity index (χ1v) is 5.87. The van der Waals surface area contributed by atoms with Crippen molar-refractivity contribution in [3.05, 3.63) is 30.7 Å². The SMILES string of the molecule is FC(F)ON=C(c1cnccn1)C1CC[CH]CC1. The second-order valence-electron chi connectivity index (χ2n) is 4.07. The molecular formula is C12H14F2N3O. The van der Waals surface area contributed by atoms with E-state index in [-0.39, 0.29) is 5.92 Å². The van der Waals surface area contributed by atoms with Gasteiger partial charge in [0.2, 0.25) is 0 Å². The van der Waals surface area contributed by atoms with Crippen molar-refractivity contribution in [2.45, 2.75) is 32.3 Å². The Kier molecular flexibility index (Phi) is 4.55. The van der Waals surface area contributed by atoms with E-state index < -0.39 is 6.61 Å². The molecule has 2 rings (SSSR count). The van der Waals surface area contributed by atoms with E-state index in [2.05, 4.69) is 26.4 Å². The molecule has 0 aromatic carbocycles. The van der Waals surface area contributed by atoms with Crippen molar-refractivity contribution in [3.63, 3.8) is 0 Å². The van der Waals surface area contributed by atoms with Crippen LogP contribution in [0.5, 0.6) is 0 Å². The average molecular weight is 254 g/mol. The van der Waals surface area contributed by atoms with Gasteiger partial charge in [0.05, 0.1) is 6.20 Å². The van der Waals surface area contributed by atoms with E-state index >= 15 is 0 Å². The normalized spacial score (nSPS) is 18.1. The first-order chi connectivity index (χ1) is 8.77. The van der Waals surface area contributed by atoms with E-state index in [4.69, 9.17) is 0 Å². The highest BCUT2D eigenvalue weighted by Crippen LogP contribution is 2.26. The molecule has 1 radical (unpaired) electrons. The summed E-state index contributed by atoms with van der Waals surface area (Å²) in [5, 5.41) is 3.57. The molecule has 0 saturated heterocycles. The first-order valence-electron chi connectivity index (χ1n) is 5.87. The van der Waals surface area contributed by atoms with Crippen LogP contribution in [0, 0.1) is 12.3 Å². The van der Waals surface area contributed by atoms with Crippen molar-refractivity contribution in [3.8, 4) is 0 Å². The molecule has 4 nitrogen and oxygen atoms in total. The lowest BCUT2D eigenvalue weighted by molar-refractivity contribution is -0.128. The molecule has 0 bridgehead atoms. The highest BCUT2D eigenvalue weighted by Gasteiger charge is 2.23. The van der Waals surface area contributed by atoms with Crippen molar-refractivity contribution in [2.24, 2.45) is 11.1 Å². The van der Waals surface area contributed by atoms with Gasteiger partial charge in [-0.05, 0) is 32.1 Å². The molecule has 1 aromatic rings. The molecule has 97 valence electrons. The van der Waals surface area contributed by atoms with Crippen molar-refractivity contribution in [1.82, 2.24) is 9.97 Å². The van der Waals surface area contributed by atoms with Crippen LogP contribution in [0.3, 0.4) is 0 Å². The van der Waals surface area contributed by atoms with Gasteiger partial charge in [-0.2, -0.15) is 8.78 Å². The molecule has 1 saturated carbocycles. The molecule has 1 aliphatic rings. The van der Waals surface area contributed by atoms with Gasteiger partial charge in [-0.15, -0.1) is 0 Å². The maximum atomic E-state index is 12.1. The largest absolute Gasteiger partial charge is 0.407 e. The topological polar surface area (TPSA) is 47.4 Å². The first kappa shape index (κ1) is 12.9. The third-order valence-corrected chi connectivity index (χ3v) is 2.88. The molecule has 1 aromatic heterocycles. The van der Waals surface area contributed by atoms with Gasteiger partial charge in [0, 0.05) is 18.3 Å². The predicted octanol–water partition coefficient (Wildman–Crippen LogP) is 2.81. The lowest BCUT2D eigenvalue weighted by Crippen LogP contribution is -2.21. The maximum Gasteiger partial charge on any atom is 0.407 e. The molecule has 0 aliphatic heterocycles. The minimum Gasteiger partial charge on any atom is -0.325 e. The number of hydrogen-bond donors (Lipinski definition) is 0. The van der Waals surface area contributed by atoms with Gasteiger partial charge in [0.25, 0.3) is 0 Å². The summed E-state index contributed by atoms with van der Waals surface area (Å²) in [6, 6.07) is 0. The quantitative estimate of drug-likeness (QED) is 0.613. The summed E-state index contributed by atoms with van der Waals surface area (Å²) in [6.45, 7) is -2.91. The number of rotatable bonds is 4. The number of halogens is 2. The van der Waals surface area contributed by atoms with Gasteiger partial charge in [-0.1, -0.05) is 5.16 Å². The molecular weight excluding hydrogens is 240 g/mol. The van der Waals surface area contributed by atoms with Crippen molar-refractivity contribution < 1.29 is 13.6 Å². The summed E-state index contributed by atoms with van der Waals surface area (Å²) >= 11 is 0. The Morgan fingerprint density at radius 3 is 2.72 bits per heavy atom. The summed E-state index contributed by atoms with van der Waals surface area (Å²) in [5.41, 5.74) is 0.974. The molecule has 0 N–H and O–H groups in total. The highest BCUT2D eigenvalue weighted by molar-refractivity contribution is 6.00. The Bertz CT molecular complexity index is 392. The second-order valence-corrected chi connectivity index (χ2v) is 4.07. The summed E-state index contributed by atoms with van der Waals surface area (Å²) in [4.78, 5) is 12.1. The fourth-order valence-electron chi connectivity index (χ4n) is 2.06. The molecule has 0 spiro atoms. The zero-order valence-corrected chi connectivity index (χ0v) is 9.80. The van der Waals surface area contributed by atoms with E-state index in [0.717, 1.165) is 25.7 Å². The zero-order chi connectivity index (χ0) is 12.8. The van der Waals surface area contributed by atoms with Gasteiger partial charge in [-0.3, -0.25) is 9.97 Å². The molecule has 18 heavy (non-hydrogen) atoms. The lowest BCUT2D eigenvalue weighted by Gasteiger charge is -2.22. The molecule has 1 aliphatic carbocycles. The summed E-state index contributed by atoms with van der Waals surface area (Å²) in [6.07, 6.45) is 10.4. The van der Waals surface area contributed by atoms with Gasteiger partial charge in [0.1, 0.15) is 11.4 Å². The monoisotopic (exact) mass is 254 g/mol. The lowest BCUT2D eigenvalue weighted by atomic mass is 9.85. The Balaban J connectivity index is 2.19. The fraction of sp³-hybridized carbons (Fsp3) is 0.500. The van der Waals surface area contributed by atoms with Crippen LogP contribution < -0.4 is 0 Å². The third kappa shape index (κ3) is 3.45. The van der Waals surface area contributed by atoms with Crippen molar-refractivity contribution in [1.29, 1.82) is 0 Å². The minimum absolute atomic E-state index is 0.102. The molecule has 1 heterocycles. The van der Waals surface area contributed by atoms with E-state index in [1.165, 1.54) is 18.6 Å². The maximum absolute atomic E-state index is 12.1. The number of oxime groups is 1. The fourth-order valence-corrected chi connectivity index (χ4v) is 2.06. The summed E-state index contributed by atoms with van der Waals surface area (Å²) in [7, 11) is 0. The number of hydrogen-bond acceptors (Lipinski definition) is 4. The Morgan fingerprint density at radius 2 is 2.11 bits per heavy atom. The van der Waals surface area contributed by atoms with Crippen LogP contribution >= 0.6 is 0 Å². The third-order valence-electron chi connectivity index (χ3n) is 2.88. The van der Waals surface area contributed by atoms with Crippen LogP contribution in [0.1, 0.15) is 31.4 Å². The molecule has 1 fully saturated rings. The van der Waals surface area contributed by atoms with E-state index in [9.17, 15) is 8.78 Å². The van der Waals surface area contributed by atoms with Crippen LogP contribution in [0.2, 0.25) is 0 Å². The van der Waals surface area contributed by atoms with Crippen LogP contribution in [0.25, 0.3) is 0 Å². The van der Waals surface area contributed by atoms with Crippen molar-refractivity contribution >= 4 is 5.71 Å². The molecule has 0 amide bonds. The van der Waals surface area contributed by atoms with Gasteiger partial charge in [-0.25, -0.2) is 0 Å². The number of aromatic nitrogens is 2. The number of alkyl halides is 2. The standard InChI is InChI=1S/C12H14F2N3O/c13-12(14)18-17-11(9-4-2-1-3-5-9)10-8-15-6-7-16-10/h1,6-9,12H,2-5H2. The summed E-state index contributed by atoms with van der Waals surface area (Å²) in [5.74, 6) is 0.102. The van der Waals surface area contributed by atoms with Crippen LogP contribution in [-0.4, -0.2) is 22.3 Å². The van der Waals surface area contributed by atoms with Crippen LogP contribution in [0.4, 0.5) is 8.78 Å². The Labute approximate surface area is 104 Å². The van der Waals surface area contributed by atoms with E-state index in [1.54, 1.807) is 0 Å². The Hall–Kier alpha value is -1.59. The Morgan fingerprint density at radius 1 is 1.33 bits per heavy atom. The average Bonchev–Trinajstić information content (AvgIpc) is 2.41. The smallest absolute Gasteiger partial charge is 0.325 e. The predicted molar refractivity (Wildman–Crippen MR) is 61.9 cm³/mol. The molecule has 0 atom stereocenters. The van der Waals surface area contributed by atoms with E-state index in [1.807, 2.05) is 0 Å². The highest BCUT2D eigenvalue weighted by atomic mass is 19.3. The van der Waals surface area contributed by atoms with E-state index in [0.29, 0.717) is 11.4 Å². The van der Waals surface area contributed by atoms with Crippen LogP contribution in [0.15, 0.2) is 23.7 Å². The van der Waals surface area contributed by atoms with Gasteiger partial charge < -0.3 is 4.84 Å². The molecule has 6 heteroatoms. The number of nitrogens with zero attached hydrogens (tertiary/aromatic N) is 3. The zero-order valence-electron chi connectivity index (χ0n) is 9.80. The second kappa shape index (κ2) is 6.37. The van der Waals surface area contributed by atoms with Gasteiger partial charge in [0.15, 0.2) is 0 Å². The minimum atomic E-state index is -2.91. The van der Waals surface area contributed by atoms with Crippen molar-refractivity contribution in [2.75, 3.05) is 0 Å². The molecule has 0 unspecified atom stereocenters. The summed E-state index contributed by atoms with van der Waals surface area (Å²) < 4.78 is 24.2.